The molecule has 4 rings (SSSR count). The molecule has 0 aliphatic heterocycles. The second-order valence-electron chi connectivity index (χ2n) is 6.49. The van der Waals surface area contributed by atoms with Gasteiger partial charge in [-0.2, -0.15) is 18.3 Å². The average molecular weight is 396 g/mol. The second-order valence-corrected chi connectivity index (χ2v) is 6.49. The van der Waals surface area contributed by atoms with E-state index in [-0.39, 0.29) is 5.91 Å². The van der Waals surface area contributed by atoms with Crippen LogP contribution >= 0.6 is 0 Å². The molecule has 8 heteroatoms. The lowest BCUT2D eigenvalue weighted by Gasteiger charge is -2.10. The lowest BCUT2D eigenvalue weighted by Crippen LogP contribution is -2.05. The van der Waals surface area contributed by atoms with Gasteiger partial charge in [0.2, 0.25) is 5.91 Å². The Morgan fingerprint density at radius 1 is 1.03 bits per heavy atom. The van der Waals surface area contributed by atoms with E-state index in [0.717, 1.165) is 23.3 Å². The first-order chi connectivity index (χ1) is 13.8. The Morgan fingerprint density at radius 3 is 2.48 bits per heavy atom. The third-order valence-corrected chi connectivity index (χ3v) is 4.45. The van der Waals surface area contributed by atoms with Crippen molar-refractivity contribution in [2.45, 2.75) is 13.1 Å². The highest BCUT2D eigenvalue weighted by molar-refractivity contribution is 6.02. The fourth-order valence-corrected chi connectivity index (χ4v) is 3.18. The fourth-order valence-electron chi connectivity index (χ4n) is 3.18. The third kappa shape index (κ3) is 3.69. The molecule has 0 spiro atoms. The summed E-state index contributed by atoms with van der Waals surface area (Å²) in [5.41, 5.74) is 2.73. The number of nitrogens with zero attached hydrogens (tertiary/aromatic N) is 2. The van der Waals surface area contributed by atoms with Gasteiger partial charge in [0.25, 0.3) is 0 Å². The number of aromatic nitrogens is 3. The lowest BCUT2D eigenvalue weighted by molar-refractivity contribution is -0.137. The van der Waals surface area contributed by atoms with Gasteiger partial charge in [-0.25, -0.2) is 4.98 Å². The number of rotatable bonds is 3. The maximum Gasteiger partial charge on any atom is 0.416 e. The molecule has 0 unspecified atom stereocenters. The van der Waals surface area contributed by atoms with Crippen molar-refractivity contribution in [2.24, 2.45) is 0 Å². The molecule has 29 heavy (non-hydrogen) atoms. The first kappa shape index (κ1) is 18.7. The molecule has 4 aromatic rings. The summed E-state index contributed by atoms with van der Waals surface area (Å²) in [5.74, 6) is -0.175. The second kappa shape index (κ2) is 7.05. The Hall–Kier alpha value is -3.68. The highest BCUT2D eigenvalue weighted by atomic mass is 19.4. The van der Waals surface area contributed by atoms with E-state index in [1.165, 1.54) is 13.0 Å². The number of amides is 1. The summed E-state index contributed by atoms with van der Waals surface area (Å²) >= 11 is 0. The molecule has 0 bridgehead atoms. The van der Waals surface area contributed by atoms with Crippen LogP contribution in [0.4, 0.5) is 18.9 Å². The monoisotopic (exact) mass is 396 g/mol. The third-order valence-electron chi connectivity index (χ3n) is 4.45. The van der Waals surface area contributed by atoms with Gasteiger partial charge in [0.05, 0.1) is 16.6 Å². The number of hydrogen-bond donors (Lipinski definition) is 2. The number of fused-ring (bicyclic) bond motifs is 1. The predicted molar refractivity (Wildman–Crippen MR) is 104 cm³/mol. The van der Waals surface area contributed by atoms with E-state index in [0.29, 0.717) is 28.0 Å². The van der Waals surface area contributed by atoms with E-state index in [9.17, 15) is 18.0 Å². The van der Waals surface area contributed by atoms with Crippen LogP contribution in [0.25, 0.3) is 33.4 Å². The van der Waals surface area contributed by atoms with Crippen molar-refractivity contribution < 1.29 is 18.0 Å². The number of carbonyl (C=O) groups excluding carboxylic acids is 1. The summed E-state index contributed by atoms with van der Waals surface area (Å²) in [7, 11) is 0. The Balaban J connectivity index is 1.84. The van der Waals surface area contributed by atoms with Crippen molar-refractivity contribution in [1.29, 1.82) is 0 Å². The Kier molecular flexibility index (Phi) is 4.54. The molecule has 2 aromatic heterocycles. The molecular weight excluding hydrogens is 381 g/mol. The minimum Gasteiger partial charge on any atom is -0.326 e. The minimum absolute atomic E-state index is 0.175. The van der Waals surface area contributed by atoms with Gasteiger partial charge in [-0.3, -0.25) is 9.89 Å². The maximum atomic E-state index is 13.1. The molecule has 5 nitrogen and oxygen atoms in total. The zero-order chi connectivity index (χ0) is 20.6. The van der Waals surface area contributed by atoms with E-state index < -0.39 is 11.7 Å². The van der Waals surface area contributed by atoms with Crippen molar-refractivity contribution in [3.63, 3.8) is 0 Å². The molecule has 1 amide bonds. The van der Waals surface area contributed by atoms with Crippen molar-refractivity contribution in [3.05, 3.63) is 66.4 Å². The zero-order valence-corrected chi connectivity index (χ0v) is 15.2. The molecule has 2 heterocycles. The van der Waals surface area contributed by atoms with Crippen molar-refractivity contribution in [2.75, 3.05) is 5.32 Å². The van der Waals surface area contributed by atoms with Gasteiger partial charge in [0.15, 0.2) is 5.65 Å². The van der Waals surface area contributed by atoms with Crippen LogP contribution in [-0.4, -0.2) is 21.1 Å². The number of alkyl halides is 3. The van der Waals surface area contributed by atoms with Crippen LogP contribution < -0.4 is 5.32 Å². The van der Waals surface area contributed by atoms with Gasteiger partial charge < -0.3 is 5.32 Å². The normalized spacial score (nSPS) is 11.6. The topological polar surface area (TPSA) is 70.7 Å². The van der Waals surface area contributed by atoms with E-state index in [1.807, 2.05) is 12.1 Å². The van der Waals surface area contributed by atoms with E-state index >= 15 is 0 Å². The van der Waals surface area contributed by atoms with Crippen LogP contribution in [0.2, 0.25) is 0 Å². The van der Waals surface area contributed by atoms with Crippen molar-refractivity contribution in [1.82, 2.24) is 15.2 Å². The van der Waals surface area contributed by atoms with Gasteiger partial charge in [-0.15, -0.1) is 0 Å². The first-order valence-corrected chi connectivity index (χ1v) is 8.71. The van der Waals surface area contributed by atoms with Crippen LogP contribution in [0.3, 0.4) is 0 Å². The maximum absolute atomic E-state index is 13.1. The van der Waals surface area contributed by atoms with Gasteiger partial charge in [-0.05, 0) is 41.5 Å². The van der Waals surface area contributed by atoms with Crippen molar-refractivity contribution >= 4 is 22.6 Å². The SMILES string of the molecule is CC(=O)Nc1ccc(-c2ccnc3n[nH]c(-c4cccc(C(F)(F)F)c4)c23)cc1. The van der Waals surface area contributed by atoms with Crippen molar-refractivity contribution in [3.8, 4) is 22.4 Å². The Bertz CT molecular complexity index is 1200. The van der Waals surface area contributed by atoms with Gasteiger partial charge in [0.1, 0.15) is 0 Å². The number of hydrogen-bond acceptors (Lipinski definition) is 3. The molecule has 0 aliphatic carbocycles. The predicted octanol–water partition coefficient (Wildman–Crippen LogP) is 5.27. The molecule has 146 valence electrons. The fraction of sp³-hybridized carbons (Fsp3) is 0.0952. The molecule has 0 aliphatic rings. The molecular formula is C21H15F3N4O. The van der Waals surface area contributed by atoms with E-state index in [1.54, 1.807) is 30.5 Å². The van der Waals surface area contributed by atoms with Crippen LogP contribution in [-0.2, 0) is 11.0 Å². The largest absolute Gasteiger partial charge is 0.416 e. The number of anilines is 1. The molecule has 0 atom stereocenters. The number of aromatic amines is 1. The molecule has 2 N–H and O–H groups in total. The molecule has 0 saturated carbocycles. The summed E-state index contributed by atoms with van der Waals surface area (Å²) in [4.78, 5) is 15.4. The van der Waals surface area contributed by atoms with Crippen LogP contribution in [0, 0.1) is 0 Å². The van der Waals surface area contributed by atoms with Gasteiger partial charge in [0, 0.05) is 24.4 Å². The number of pyridine rings is 1. The van der Waals surface area contributed by atoms with Gasteiger partial charge >= 0.3 is 6.18 Å². The number of nitrogens with one attached hydrogen (secondary N) is 2. The van der Waals surface area contributed by atoms with Gasteiger partial charge in [-0.1, -0.05) is 24.3 Å². The number of benzene rings is 2. The summed E-state index contributed by atoms with van der Waals surface area (Å²) < 4.78 is 39.4. The van der Waals surface area contributed by atoms with Crippen LogP contribution in [0.5, 0.6) is 0 Å². The highest BCUT2D eigenvalue weighted by Crippen LogP contribution is 2.37. The highest BCUT2D eigenvalue weighted by Gasteiger charge is 2.30. The number of H-pyrrole nitrogens is 1. The van der Waals surface area contributed by atoms with Crippen LogP contribution in [0.1, 0.15) is 12.5 Å². The zero-order valence-electron chi connectivity index (χ0n) is 15.2. The molecule has 0 saturated heterocycles. The van der Waals surface area contributed by atoms with Crippen LogP contribution in [0.15, 0.2) is 60.8 Å². The minimum atomic E-state index is -4.44. The summed E-state index contributed by atoms with van der Waals surface area (Å²) in [6.07, 6.45) is -2.84. The average Bonchev–Trinajstić information content (AvgIpc) is 3.12. The number of halogens is 3. The smallest absolute Gasteiger partial charge is 0.326 e. The molecule has 2 aromatic carbocycles. The standard InChI is InChI=1S/C21H15F3N4O/c1-12(29)26-16-7-5-13(6-8-16)17-9-10-25-20-18(17)19(27-28-20)14-3-2-4-15(11-14)21(22,23)24/h2-11H,1H3,(H,26,29)(H,25,27,28). The quantitative estimate of drug-likeness (QED) is 0.496. The Morgan fingerprint density at radius 2 is 1.79 bits per heavy atom. The first-order valence-electron chi connectivity index (χ1n) is 8.71. The summed E-state index contributed by atoms with van der Waals surface area (Å²) in [5, 5.41) is 10.3. The van der Waals surface area contributed by atoms with E-state index in [4.69, 9.17) is 0 Å². The Labute approximate surface area is 163 Å². The number of carbonyl (C=O) groups is 1. The summed E-state index contributed by atoms with van der Waals surface area (Å²) in [6, 6.07) is 14.0. The lowest BCUT2D eigenvalue weighted by atomic mass is 9.98. The molecule has 0 fully saturated rings. The molecule has 0 radical (unpaired) electrons. The van der Waals surface area contributed by atoms with E-state index in [2.05, 4.69) is 20.5 Å². The summed E-state index contributed by atoms with van der Waals surface area (Å²) in [6.45, 7) is 1.42.